The van der Waals surface area contributed by atoms with Gasteiger partial charge < -0.3 is 14.7 Å². The standard InChI is InChI=1S/C17H27N3O2/c1-14(21)6-11-19-12-7-15(13-19)22-16-5-4-8-18-17(16)20-9-2-3-10-20/h4-5,8,14-15,21H,2-3,6-7,9-13H2,1H3/t14-,15+/m1/s1. The molecule has 1 N–H and O–H groups in total. The van der Waals surface area contributed by atoms with E-state index < -0.39 is 0 Å². The van der Waals surface area contributed by atoms with Crippen LogP contribution in [0.15, 0.2) is 18.3 Å². The van der Waals surface area contributed by atoms with Crippen molar-refractivity contribution in [1.82, 2.24) is 9.88 Å². The van der Waals surface area contributed by atoms with Gasteiger partial charge in [0, 0.05) is 38.9 Å². The first kappa shape index (κ1) is 15.6. The normalized spacial score (nSPS) is 23.9. The SMILES string of the molecule is C[C@@H](O)CCN1CC[C@H](Oc2cccnc2N2CCCC2)C1. The lowest BCUT2D eigenvalue weighted by molar-refractivity contribution is 0.155. The highest BCUT2D eigenvalue weighted by molar-refractivity contribution is 5.52. The van der Waals surface area contributed by atoms with E-state index in [4.69, 9.17) is 4.74 Å². The summed E-state index contributed by atoms with van der Waals surface area (Å²) in [5.41, 5.74) is 0. The average molecular weight is 305 g/mol. The molecule has 2 fully saturated rings. The Hall–Kier alpha value is -1.33. The van der Waals surface area contributed by atoms with Crippen LogP contribution in [-0.4, -0.2) is 59.9 Å². The van der Waals surface area contributed by atoms with Crippen LogP contribution in [0.1, 0.15) is 32.6 Å². The molecule has 5 nitrogen and oxygen atoms in total. The topological polar surface area (TPSA) is 48.8 Å². The number of aromatic nitrogens is 1. The molecule has 2 saturated heterocycles. The third kappa shape index (κ3) is 3.90. The third-order valence-corrected chi connectivity index (χ3v) is 4.54. The van der Waals surface area contributed by atoms with E-state index in [0.29, 0.717) is 0 Å². The van der Waals surface area contributed by atoms with Crippen LogP contribution < -0.4 is 9.64 Å². The van der Waals surface area contributed by atoms with E-state index in [9.17, 15) is 5.11 Å². The van der Waals surface area contributed by atoms with Gasteiger partial charge in [0.15, 0.2) is 11.6 Å². The van der Waals surface area contributed by atoms with Crippen LogP contribution in [0, 0.1) is 0 Å². The van der Waals surface area contributed by atoms with Crippen molar-refractivity contribution in [3.8, 4) is 5.75 Å². The summed E-state index contributed by atoms with van der Waals surface area (Å²) >= 11 is 0. The minimum atomic E-state index is -0.222. The summed E-state index contributed by atoms with van der Waals surface area (Å²) in [6.07, 6.45) is 6.23. The number of hydrogen-bond acceptors (Lipinski definition) is 5. The molecule has 2 aliphatic heterocycles. The lowest BCUT2D eigenvalue weighted by atomic mass is 10.3. The molecule has 0 radical (unpaired) electrons. The van der Waals surface area contributed by atoms with Gasteiger partial charge in [-0.05, 0) is 44.7 Å². The number of nitrogens with zero attached hydrogens (tertiary/aromatic N) is 3. The zero-order valence-corrected chi connectivity index (χ0v) is 13.4. The number of rotatable bonds is 6. The monoisotopic (exact) mass is 305 g/mol. The minimum absolute atomic E-state index is 0.222. The largest absolute Gasteiger partial charge is 0.485 e. The summed E-state index contributed by atoms with van der Waals surface area (Å²) in [7, 11) is 0. The summed E-state index contributed by atoms with van der Waals surface area (Å²) in [6, 6.07) is 3.99. The van der Waals surface area contributed by atoms with E-state index >= 15 is 0 Å². The Morgan fingerprint density at radius 1 is 1.36 bits per heavy atom. The highest BCUT2D eigenvalue weighted by atomic mass is 16.5. The van der Waals surface area contributed by atoms with Gasteiger partial charge in [0.2, 0.25) is 0 Å². The van der Waals surface area contributed by atoms with Gasteiger partial charge in [0.1, 0.15) is 6.10 Å². The van der Waals surface area contributed by atoms with Crippen LogP contribution in [0.25, 0.3) is 0 Å². The van der Waals surface area contributed by atoms with Crippen molar-refractivity contribution in [2.45, 2.75) is 44.8 Å². The number of hydrogen-bond donors (Lipinski definition) is 1. The number of likely N-dealkylation sites (tertiary alicyclic amines) is 1. The van der Waals surface area contributed by atoms with Gasteiger partial charge in [0.25, 0.3) is 0 Å². The molecule has 2 aliphatic rings. The van der Waals surface area contributed by atoms with Crippen molar-refractivity contribution >= 4 is 5.82 Å². The summed E-state index contributed by atoms with van der Waals surface area (Å²) < 4.78 is 6.25. The lowest BCUT2D eigenvalue weighted by Gasteiger charge is -2.22. The zero-order valence-electron chi connectivity index (χ0n) is 13.4. The molecule has 1 aromatic rings. The second kappa shape index (κ2) is 7.29. The quantitative estimate of drug-likeness (QED) is 0.870. The Morgan fingerprint density at radius 3 is 2.95 bits per heavy atom. The maximum absolute atomic E-state index is 9.40. The van der Waals surface area contributed by atoms with Gasteiger partial charge >= 0.3 is 0 Å². The maximum atomic E-state index is 9.40. The van der Waals surface area contributed by atoms with Crippen molar-refractivity contribution in [1.29, 1.82) is 0 Å². The van der Waals surface area contributed by atoms with E-state index in [1.54, 1.807) is 0 Å². The van der Waals surface area contributed by atoms with Crippen molar-refractivity contribution in [3.05, 3.63) is 18.3 Å². The van der Waals surface area contributed by atoms with Crippen LogP contribution >= 0.6 is 0 Å². The van der Waals surface area contributed by atoms with E-state index in [1.165, 1.54) is 12.8 Å². The molecule has 0 amide bonds. The Kier molecular flexibility index (Phi) is 5.16. The minimum Gasteiger partial charge on any atom is -0.485 e. The maximum Gasteiger partial charge on any atom is 0.171 e. The van der Waals surface area contributed by atoms with Gasteiger partial charge in [-0.1, -0.05) is 0 Å². The van der Waals surface area contributed by atoms with Crippen LogP contribution in [0.5, 0.6) is 5.75 Å². The third-order valence-electron chi connectivity index (χ3n) is 4.54. The average Bonchev–Trinajstić information content (AvgIpc) is 3.17. The van der Waals surface area contributed by atoms with Gasteiger partial charge in [-0.25, -0.2) is 4.98 Å². The molecule has 122 valence electrons. The molecule has 0 aromatic carbocycles. The van der Waals surface area contributed by atoms with Gasteiger partial charge in [-0.3, -0.25) is 4.90 Å². The predicted molar refractivity (Wildman–Crippen MR) is 87.5 cm³/mol. The van der Waals surface area contributed by atoms with Crippen LogP contribution in [-0.2, 0) is 0 Å². The molecule has 3 heterocycles. The number of ether oxygens (including phenoxy) is 1. The molecule has 2 atom stereocenters. The molecule has 0 aliphatic carbocycles. The van der Waals surface area contributed by atoms with Crippen molar-refractivity contribution < 1.29 is 9.84 Å². The first-order valence-corrected chi connectivity index (χ1v) is 8.49. The first-order chi connectivity index (χ1) is 10.7. The fourth-order valence-corrected chi connectivity index (χ4v) is 3.29. The molecule has 5 heteroatoms. The molecule has 0 saturated carbocycles. The Balaban J connectivity index is 1.57. The fourth-order valence-electron chi connectivity index (χ4n) is 3.29. The second-order valence-electron chi connectivity index (χ2n) is 6.49. The lowest BCUT2D eigenvalue weighted by Crippen LogP contribution is -2.28. The highest BCUT2D eigenvalue weighted by Gasteiger charge is 2.26. The molecular formula is C17H27N3O2. The van der Waals surface area contributed by atoms with E-state index in [2.05, 4.69) is 14.8 Å². The van der Waals surface area contributed by atoms with E-state index in [-0.39, 0.29) is 12.2 Å². The Morgan fingerprint density at radius 2 is 2.18 bits per heavy atom. The number of aliphatic hydroxyl groups is 1. The van der Waals surface area contributed by atoms with Crippen LogP contribution in [0.3, 0.4) is 0 Å². The van der Waals surface area contributed by atoms with Crippen LogP contribution in [0.4, 0.5) is 5.82 Å². The summed E-state index contributed by atoms with van der Waals surface area (Å²) in [6.45, 7) is 6.96. The summed E-state index contributed by atoms with van der Waals surface area (Å²) in [5, 5.41) is 9.40. The molecular weight excluding hydrogens is 278 g/mol. The molecule has 0 unspecified atom stereocenters. The van der Waals surface area contributed by atoms with Crippen molar-refractivity contribution in [3.63, 3.8) is 0 Å². The number of pyridine rings is 1. The summed E-state index contributed by atoms with van der Waals surface area (Å²) in [4.78, 5) is 9.24. The summed E-state index contributed by atoms with van der Waals surface area (Å²) in [5.74, 6) is 1.93. The molecule has 0 bridgehead atoms. The first-order valence-electron chi connectivity index (χ1n) is 8.49. The highest BCUT2D eigenvalue weighted by Crippen LogP contribution is 2.30. The Labute approximate surface area is 132 Å². The van der Waals surface area contributed by atoms with Crippen molar-refractivity contribution in [2.75, 3.05) is 37.6 Å². The van der Waals surface area contributed by atoms with E-state index in [0.717, 1.165) is 57.1 Å². The number of anilines is 1. The van der Waals surface area contributed by atoms with Gasteiger partial charge in [0.05, 0.1) is 6.10 Å². The van der Waals surface area contributed by atoms with Crippen LogP contribution in [0.2, 0.25) is 0 Å². The second-order valence-corrected chi connectivity index (χ2v) is 6.49. The Bertz CT molecular complexity index is 475. The fraction of sp³-hybridized carbons (Fsp3) is 0.706. The van der Waals surface area contributed by atoms with E-state index in [1.807, 2.05) is 25.3 Å². The van der Waals surface area contributed by atoms with Gasteiger partial charge in [-0.15, -0.1) is 0 Å². The molecule has 3 rings (SSSR count). The molecule has 1 aromatic heterocycles. The van der Waals surface area contributed by atoms with Crippen molar-refractivity contribution in [2.24, 2.45) is 0 Å². The van der Waals surface area contributed by atoms with Gasteiger partial charge in [-0.2, -0.15) is 0 Å². The smallest absolute Gasteiger partial charge is 0.171 e. The number of aliphatic hydroxyl groups excluding tert-OH is 1. The molecule has 0 spiro atoms. The predicted octanol–water partition coefficient (Wildman–Crippen LogP) is 1.91. The zero-order chi connectivity index (χ0) is 15.4. The molecule has 22 heavy (non-hydrogen) atoms.